The molecule has 7 nitrogen and oxygen atoms in total. The first kappa shape index (κ1) is 19.2. The van der Waals surface area contributed by atoms with Crippen LogP contribution in [0.5, 0.6) is 11.5 Å². The van der Waals surface area contributed by atoms with Gasteiger partial charge in [0.25, 0.3) is 0 Å². The molecule has 1 N–H and O–H groups in total. The standard InChI is InChI=1S/C23H25NO6/c1-13-20(23(26)28-11-15-4-3-9-27-15)21(22-16(24-13)5-2-6-17(22)25)14-7-8-18-19(10-14)30-12-29-18/h7-8,10,15,21,24H,2-6,9,11-12H2,1H3/t15-,21-/m1/s1. The third-order valence-corrected chi connectivity index (χ3v) is 6.15. The number of benzene rings is 1. The van der Waals surface area contributed by atoms with E-state index in [1.54, 1.807) is 0 Å². The number of rotatable bonds is 4. The Morgan fingerprint density at radius 1 is 1.20 bits per heavy atom. The summed E-state index contributed by atoms with van der Waals surface area (Å²) >= 11 is 0. The van der Waals surface area contributed by atoms with Crippen molar-refractivity contribution in [2.24, 2.45) is 0 Å². The summed E-state index contributed by atoms with van der Waals surface area (Å²) in [6.45, 7) is 2.97. The van der Waals surface area contributed by atoms with Gasteiger partial charge >= 0.3 is 5.97 Å². The molecule has 3 aliphatic heterocycles. The summed E-state index contributed by atoms with van der Waals surface area (Å²) in [6.07, 6.45) is 3.90. The van der Waals surface area contributed by atoms with Gasteiger partial charge in [0.2, 0.25) is 6.79 Å². The molecule has 0 spiro atoms. The van der Waals surface area contributed by atoms with Gasteiger partial charge in [-0.1, -0.05) is 6.07 Å². The van der Waals surface area contributed by atoms with Crippen molar-refractivity contribution in [3.8, 4) is 11.5 Å². The predicted octanol–water partition coefficient (Wildman–Crippen LogP) is 3.11. The Kier molecular flexibility index (Phi) is 4.98. The SMILES string of the molecule is CC1=C(C(=O)OC[C@H]2CCCO2)[C@@H](c2ccc3c(c2)OCO3)C2=C(CCCC2=O)N1. The molecule has 1 aromatic rings. The monoisotopic (exact) mass is 411 g/mol. The summed E-state index contributed by atoms with van der Waals surface area (Å²) < 4.78 is 22.2. The van der Waals surface area contributed by atoms with E-state index in [9.17, 15) is 9.59 Å². The number of nitrogens with one attached hydrogen (secondary N) is 1. The summed E-state index contributed by atoms with van der Waals surface area (Å²) in [5.41, 5.74) is 3.59. The van der Waals surface area contributed by atoms with Crippen LogP contribution in [-0.2, 0) is 19.1 Å². The van der Waals surface area contributed by atoms with Crippen LogP contribution in [0.4, 0.5) is 0 Å². The van der Waals surface area contributed by atoms with Gasteiger partial charge in [0, 0.05) is 35.9 Å². The van der Waals surface area contributed by atoms with Crippen molar-refractivity contribution in [2.45, 2.75) is 51.0 Å². The summed E-state index contributed by atoms with van der Waals surface area (Å²) in [5, 5.41) is 3.31. The molecule has 0 aromatic heterocycles. The van der Waals surface area contributed by atoms with Gasteiger partial charge in [-0.05, 0) is 50.3 Å². The third-order valence-electron chi connectivity index (χ3n) is 6.15. The number of ketones is 1. The number of fused-ring (bicyclic) bond motifs is 1. The fraction of sp³-hybridized carbons (Fsp3) is 0.478. The van der Waals surface area contributed by atoms with E-state index in [0.29, 0.717) is 35.7 Å². The van der Waals surface area contributed by atoms with Gasteiger partial charge in [-0.3, -0.25) is 4.79 Å². The first-order valence-electron chi connectivity index (χ1n) is 10.5. The maximum absolute atomic E-state index is 13.2. The van der Waals surface area contributed by atoms with Crippen LogP contribution < -0.4 is 14.8 Å². The van der Waals surface area contributed by atoms with Crippen LogP contribution in [0.15, 0.2) is 40.7 Å². The molecule has 4 aliphatic rings. The van der Waals surface area contributed by atoms with Crippen LogP contribution >= 0.6 is 0 Å². The molecule has 158 valence electrons. The lowest BCUT2D eigenvalue weighted by Gasteiger charge is -2.34. The molecule has 0 unspecified atom stereocenters. The van der Waals surface area contributed by atoms with Gasteiger partial charge in [0.1, 0.15) is 6.61 Å². The fourth-order valence-electron chi connectivity index (χ4n) is 4.70. The summed E-state index contributed by atoms with van der Waals surface area (Å²) in [6, 6.07) is 5.60. The lowest BCUT2D eigenvalue weighted by molar-refractivity contribution is -0.142. The lowest BCUT2D eigenvalue weighted by atomic mass is 9.75. The third kappa shape index (κ3) is 3.37. The zero-order valence-corrected chi connectivity index (χ0v) is 17.0. The number of carbonyl (C=O) groups is 2. The number of Topliss-reactive ketones (excluding diaryl/α,β-unsaturated/α-hetero) is 1. The van der Waals surface area contributed by atoms with Crippen molar-refractivity contribution >= 4 is 11.8 Å². The highest BCUT2D eigenvalue weighted by Gasteiger charge is 2.39. The molecule has 3 heterocycles. The zero-order chi connectivity index (χ0) is 20.7. The van der Waals surface area contributed by atoms with Gasteiger partial charge in [0.15, 0.2) is 17.3 Å². The molecule has 1 saturated heterocycles. The second-order valence-corrected chi connectivity index (χ2v) is 8.11. The van der Waals surface area contributed by atoms with Crippen molar-refractivity contribution in [3.63, 3.8) is 0 Å². The maximum Gasteiger partial charge on any atom is 0.336 e. The molecule has 0 radical (unpaired) electrons. The van der Waals surface area contributed by atoms with Crippen LogP contribution in [0.1, 0.15) is 50.5 Å². The normalized spacial score (nSPS) is 25.3. The number of esters is 1. The second kappa shape index (κ2) is 7.80. The molecule has 0 saturated carbocycles. The quantitative estimate of drug-likeness (QED) is 0.762. The average Bonchev–Trinajstić information content (AvgIpc) is 3.42. The van der Waals surface area contributed by atoms with Gasteiger partial charge < -0.3 is 24.3 Å². The van der Waals surface area contributed by atoms with Crippen LogP contribution in [0.2, 0.25) is 0 Å². The van der Waals surface area contributed by atoms with Crippen LogP contribution in [0, 0.1) is 0 Å². The first-order chi connectivity index (χ1) is 14.6. The maximum atomic E-state index is 13.2. The number of hydrogen-bond acceptors (Lipinski definition) is 7. The van der Waals surface area contributed by atoms with Crippen molar-refractivity contribution in [3.05, 3.63) is 46.3 Å². The Balaban J connectivity index is 1.51. The Morgan fingerprint density at radius 3 is 2.90 bits per heavy atom. The fourth-order valence-corrected chi connectivity index (χ4v) is 4.70. The Hall–Kier alpha value is -2.80. The highest BCUT2D eigenvalue weighted by Crippen LogP contribution is 2.45. The Bertz CT molecular complexity index is 956. The van der Waals surface area contributed by atoms with Crippen LogP contribution in [-0.4, -0.2) is 37.9 Å². The highest BCUT2D eigenvalue weighted by molar-refractivity contribution is 6.03. The van der Waals surface area contributed by atoms with Crippen LogP contribution in [0.25, 0.3) is 0 Å². The number of ether oxygens (including phenoxy) is 4. The highest BCUT2D eigenvalue weighted by atomic mass is 16.7. The van der Waals surface area contributed by atoms with Gasteiger partial charge in [0.05, 0.1) is 11.7 Å². The summed E-state index contributed by atoms with van der Waals surface area (Å²) in [4.78, 5) is 26.1. The van der Waals surface area contributed by atoms with Gasteiger partial charge in [-0.2, -0.15) is 0 Å². The topological polar surface area (TPSA) is 83.1 Å². The predicted molar refractivity (Wildman–Crippen MR) is 107 cm³/mol. The van der Waals surface area contributed by atoms with E-state index in [1.807, 2.05) is 25.1 Å². The minimum absolute atomic E-state index is 0.0542. The smallest absolute Gasteiger partial charge is 0.336 e. The summed E-state index contributed by atoms with van der Waals surface area (Å²) in [5.74, 6) is 0.466. The molecular weight excluding hydrogens is 386 g/mol. The summed E-state index contributed by atoms with van der Waals surface area (Å²) in [7, 11) is 0. The molecule has 0 bridgehead atoms. The van der Waals surface area contributed by atoms with Crippen molar-refractivity contribution in [2.75, 3.05) is 20.0 Å². The van der Waals surface area contributed by atoms with Crippen molar-refractivity contribution < 1.29 is 28.5 Å². The molecule has 1 fully saturated rings. The van der Waals surface area contributed by atoms with E-state index >= 15 is 0 Å². The van der Waals surface area contributed by atoms with Gasteiger partial charge in [-0.25, -0.2) is 4.79 Å². The van der Waals surface area contributed by atoms with E-state index in [-0.39, 0.29) is 25.3 Å². The molecule has 1 aliphatic carbocycles. The zero-order valence-electron chi connectivity index (χ0n) is 17.0. The number of hydrogen-bond donors (Lipinski definition) is 1. The number of carbonyl (C=O) groups excluding carboxylic acids is 2. The van der Waals surface area contributed by atoms with E-state index in [2.05, 4.69) is 5.32 Å². The van der Waals surface area contributed by atoms with E-state index in [1.165, 1.54) is 0 Å². The van der Waals surface area contributed by atoms with E-state index in [0.717, 1.165) is 42.6 Å². The number of allylic oxidation sites excluding steroid dienone is 3. The average molecular weight is 411 g/mol. The molecule has 0 amide bonds. The number of dihydropyridines is 1. The van der Waals surface area contributed by atoms with E-state index < -0.39 is 11.9 Å². The van der Waals surface area contributed by atoms with Crippen molar-refractivity contribution in [1.29, 1.82) is 0 Å². The Morgan fingerprint density at radius 2 is 2.07 bits per heavy atom. The van der Waals surface area contributed by atoms with E-state index in [4.69, 9.17) is 18.9 Å². The molecular formula is C23H25NO6. The minimum atomic E-state index is -0.486. The molecule has 7 heteroatoms. The second-order valence-electron chi connectivity index (χ2n) is 8.11. The molecule has 30 heavy (non-hydrogen) atoms. The first-order valence-corrected chi connectivity index (χ1v) is 10.5. The molecule has 5 rings (SSSR count). The molecule has 2 atom stereocenters. The van der Waals surface area contributed by atoms with Crippen molar-refractivity contribution in [1.82, 2.24) is 5.32 Å². The van der Waals surface area contributed by atoms with Crippen LogP contribution in [0.3, 0.4) is 0 Å². The lowest BCUT2D eigenvalue weighted by Crippen LogP contribution is -2.35. The molecule has 1 aromatic carbocycles. The minimum Gasteiger partial charge on any atom is -0.459 e. The largest absolute Gasteiger partial charge is 0.459 e. The Labute approximate surface area is 175 Å². The van der Waals surface area contributed by atoms with Gasteiger partial charge in [-0.15, -0.1) is 0 Å².